The Labute approximate surface area is 177 Å². The van der Waals surface area contributed by atoms with Crippen molar-refractivity contribution < 1.29 is 22.7 Å². The predicted molar refractivity (Wildman–Crippen MR) is 110 cm³/mol. The molecule has 29 heavy (non-hydrogen) atoms. The van der Waals surface area contributed by atoms with Crippen molar-refractivity contribution in [3.05, 3.63) is 58.6 Å². The number of likely N-dealkylation sites (N-methyl/N-ethyl adjacent to an activating group) is 1. The molecule has 2 aromatic carbocycles. The van der Waals surface area contributed by atoms with Crippen molar-refractivity contribution in [3.8, 4) is 6.07 Å². The second kappa shape index (κ2) is 10.0. The van der Waals surface area contributed by atoms with Crippen LogP contribution in [0.15, 0.2) is 57.9 Å². The lowest BCUT2D eigenvalue weighted by Gasteiger charge is -2.15. The maximum Gasteiger partial charge on any atom is 0.338 e. The van der Waals surface area contributed by atoms with Gasteiger partial charge in [-0.3, -0.25) is 9.52 Å². The van der Waals surface area contributed by atoms with E-state index in [9.17, 15) is 18.0 Å². The molecule has 0 bridgehead atoms. The van der Waals surface area contributed by atoms with Crippen LogP contribution in [0.4, 0.5) is 5.69 Å². The van der Waals surface area contributed by atoms with E-state index in [0.29, 0.717) is 0 Å². The standard InChI is InChI=1S/C19H18BrN3O5S/c1-23(12-2-11-21)18(24)13-28-19(25)14-3-7-16(8-4-14)22-29(26,27)17-9-5-15(20)6-10-17/h3-10,22H,2,12-13H2,1H3. The van der Waals surface area contributed by atoms with Crippen LogP contribution >= 0.6 is 15.9 Å². The first-order valence-corrected chi connectivity index (χ1v) is 10.7. The SMILES string of the molecule is CN(CCC#N)C(=O)COC(=O)c1ccc(NS(=O)(=O)c2ccc(Br)cc2)cc1. The number of benzene rings is 2. The molecular formula is C19H18BrN3O5S. The average Bonchev–Trinajstić information content (AvgIpc) is 2.70. The summed E-state index contributed by atoms with van der Waals surface area (Å²) in [6.45, 7) is -0.196. The summed E-state index contributed by atoms with van der Waals surface area (Å²) in [6, 6.07) is 13.7. The summed E-state index contributed by atoms with van der Waals surface area (Å²) in [5, 5.41) is 8.51. The fourth-order valence-corrected chi connectivity index (χ4v) is 3.49. The Morgan fingerprint density at radius 2 is 1.76 bits per heavy atom. The first-order valence-electron chi connectivity index (χ1n) is 8.39. The smallest absolute Gasteiger partial charge is 0.338 e. The van der Waals surface area contributed by atoms with Gasteiger partial charge in [0.05, 0.1) is 22.9 Å². The second-order valence-corrected chi connectivity index (χ2v) is 8.53. The molecule has 0 saturated heterocycles. The van der Waals surface area contributed by atoms with Gasteiger partial charge in [0.15, 0.2) is 6.61 Å². The fourth-order valence-electron chi connectivity index (χ4n) is 2.17. The summed E-state index contributed by atoms with van der Waals surface area (Å²) in [4.78, 5) is 25.3. The summed E-state index contributed by atoms with van der Waals surface area (Å²) in [6.07, 6.45) is 0.188. The first kappa shape index (κ1) is 22.4. The molecule has 0 aromatic heterocycles. The van der Waals surface area contributed by atoms with E-state index in [1.165, 1.54) is 48.3 Å². The average molecular weight is 480 g/mol. The number of halogens is 1. The van der Waals surface area contributed by atoms with Gasteiger partial charge in [0.2, 0.25) is 0 Å². The third-order valence-corrected chi connectivity index (χ3v) is 5.73. The van der Waals surface area contributed by atoms with Gasteiger partial charge in [-0.25, -0.2) is 13.2 Å². The van der Waals surface area contributed by atoms with Crippen LogP contribution in [0, 0.1) is 11.3 Å². The van der Waals surface area contributed by atoms with Crippen LogP contribution in [0.3, 0.4) is 0 Å². The molecule has 152 valence electrons. The largest absolute Gasteiger partial charge is 0.452 e. The normalized spacial score (nSPS) is 10.7. The number of hydrogen-bond donors (Lipinski definition) is 1. The van der Waals surface area contributed by atoms with Crippen LogP contribution in [0.2, 0.25) is 0 Å². The maximum atomic E-state index is 12.4. The number of rotatable bonds is 8. The minimum absolute atomic E-state index is 0.100. The number of nitrogens with zero attached hydrogens (tertiary/aromatic N) is 2. The zero-order chi connectivity index (χ0) is 21.4. The molecule has 0 spiro atoms. The number of hydrogen-bond acceptors (Lipinski definition) is 6. The Morgan fingerprint density at radius 3 is 2.34 bits per heavy atom. The Kier molecular flexibility index (Phi) is 7.75. The Morgan fingerprint density at radius 1 is 1.14 bits per heavy atom. The number of carbonyl (C=O) groups excluding carboxylic acids is 2. The van der Waals surface area contributed by atoms with Crippen molar-refractivity contribution >= 4 is 43.5 Å². The number of amides is 1. The third kappa shape index (κ3) is 6.58. The van der Waals surface area contributed by atoms with Crippen molar-refractivity contribution in [1.82, 2.24) is 4.90 Å². The molecule has 0 saturated carbocycles. The molecule has 0 unspecified atom stereocenters. The van der Waals surface area contributed by atoms with E-state index < -0.39 is 28.5 Å². The number of anilines is 1. The van der Waals surface area contributed by atoms with Crippen molar-refractivity contribution in [3.63, 3.8) is 0 Å². The molecule has 0 fully saturated rings. The third-order valence-electron chi connectivity index (χ3n) is 3.81. The van der Waals surface area contributed by atoms with E-state index in [2.05, 4.69) is 20.7 Å². The summed E-state index contributed by atoms with van der Waals surface area (Å²) in [7, 11) is -2.25. The quantitative estimate of drug-likeness (QED) is 0.581. The number of carbonyl (C=O) groups is 2. The predicted octanol–water partition coefficient (Wildman–Crippen LogP) is 2.78. The zero-order valence-corrected chi connectivity index (χ0v) is 17.9. The molecule has 0 aliphatic rings. The number of nitrogens with one attached hydrogen (secondary N) is 1. The molecule has 1 amide bonds. The lowest BCUT2D eigenvalue weighted by atomic mass is 10.2. The van der Waals surface area contributed by atoms with Gasteiger partial charge in [0.25, 0.3) is 15.9 Å². The highest BCUT2D eigenvalue weighted by atomic mass is 79.9. The molecular weight excluding hydrogens is 462 g/mol. The van der Waals surface area contributed by atoms with Gasteiger partial charge in [-0.2, -0.15) is 5.26 Å². The van der Waals surface area contributed by atoms with E-state index >= 15 is 0 Å². The molecule has 0 radical (unpaired) electrons. The van der Waals surface area contributed by atoms with Gasteiger partial charge in [-0.1, -0.05) is 15.9 Å². The van der Waals surface area contributed by atoms with Gasteiger partial charge in [-0.15, -0.1) is 0 Å². The van der Waals surface area contributed by atoms with Crippen LogP contribution in [-0.4, -0.2) is 45.4 Å². The molecule has 0 aliphatic heterocycles. The van der Waals surface area contributed by atoms with Gasteiger partial charge in [0, 0.05) is 23.8 Å². The van der Waals surface area contributed by atoms with Crippen molar-refractivity contribution in [1.29, 1.82) is 5.26 Å². The van der Waals surface area contributed by atoms with Gasteiger partial charge in [0.1, 0.15) is 0 Å². The molecule has 1 N–H and O–H groups in total. The van der Waals surface area contributed by atoms with Crippen LogP contribution < -0.4 is 4.72 Å². The first-order chi connectivity index (χ1) is 13.7. The summed E-state index contributed by atoms with van der Waals surface area (Å²) < 4.78 is 32.9. The van der Waals surface area contributed by atoms with Crippen molar-refractivity contribution in [2.45, 2.75) is 11.3 Å². The number of sulfonamides is 1. The minimum Gasteiger partial charge on any atom is -0.452 e. The minimum atomic E-state index is -3.76. The summed E-state index contributed by atoms with van der Waals surface area (Å²) in [5.41, 5.74) is 0.445. The number of nitriles is 1. The highest BCUT2D eigenvalue weighted by Crippen LogP contribution is 2.19. The lowest BCUT2D eigenvalue weighted by molar-refractivity contribution is -0.133. The number of ether oxygens (including phenoxy) is 1. The van der Waals surface area contributed by atoms with Crippen molar-refractivity contribution in [2.75, 3.05) is 24.9 Å². The van der Waals surface area contributed by atoms with E-state index in [0.717, 1.165) is 4.47 Å². The summed E-state index contributed by atoms with van der Waals surface area (Å²) in [5.74, 6) is -1.14. The maximum absolute atomic E-state index is 12.4. The van der Waals surface area contributed by atoms with E-state index in [1.807, 2.05) is 6.07 Å². The molecule has 0 aliphatic carbocycles. The zero-order valence-electron chi connectivity index (χ0n) is 15.5. The topological polar surface area (TPSA) is 117 Å². The molecule has 0 heterocycles. The Balaban J connectivity index is 1.95. The van der Waals surface area contributed by atoms with E-state index in [4.69, 9.17) is 10.00 Å². The van der Waals surface area contributed by atoms with Crippen molar-refractivity contribution in [2.24, 2.45) is 0 Å². The second-order valence-electron chi connectivity index (χ2n) is 5.94. The molecule has 2 aromatic rings. The summed E-state index contributed by atoms with van der Waals surface area (Å²) >= 11 is 3.25. The molecule has 8 nitrogen and oxygen atoms in total. The molecule has 10 heteroatoms. The van der Waals surface area contributed by atoms with Gasteiger partial charge < -0.3 is 9.64 Å². The molecule has 0 atom stereocenters. The fraction of sp³-hybridized carbons (Fsp3) is 0.211. The lowest BCUT2D eigenvalue weighted by Crippen LogP contribution is -2.31. The molecule has 2 rings (SSSR count). The van der Waals surface area contributed by atoms with Crippen LogP contribution in [-0.2, 0) is 19.6 Å². The van der Waals surface area contributed by atoms with Gasteiger partial charge >= 0.3 is 5.97 Å². The van der Waals surface area contributed by atoms with Gasteiger partial charge in [-0.05, 0) is 48.5 Å². The number of esters is 1. The van der Waals surface area contributed by atoms with E-state index in [-0.39, 0.29) is 29.1 Å². The van der Waals surface area contributed by atoms with Crippen LogP contribution in [0.1, 0.15) is 16.8 Å². The Hall–Kier alpha value is -2.90. The Bertz CT molecular complexity index is 1020. The highest BCUT2D eigenvalue weighted by Gasteiger charge is 2.16. The van der Waals surface area contributed by atoms with E-state index in [1.54, 1.807) is 12.1 Å². The van der Waals surface area contributed by atoms with Crippen LogP contribution in [0.5, 0.6) is 0 Å². The highest BCUT2D eigenvalue weighted by molar-refractivity contribution is 9.10. The van der Waals surface area contributed by atoms with Crippen LogP contribution in [0.25, 0.3) is 0 Å². The monoisotopic (exact) mass is 479 g/mol.